The largest absolute Gasteiger partial charge is 0.362 e. The number of aryl methyl sites for hydroxylation is 1. The van der Waals surface area contributed by atoms with E-state index in [0.29, 0.717) is 6.04 Å². The van der Waals surface area contributed by atoms with Crippen molar-refractivity contribution in [2.45, 2.75) is 19.4 Å². The van der Waals surface area contributed by atoms with Crippen molar-refractivity contribution >= 4 is 16.9 Å². The maximum absolute atomic E-state index is 4.50. The number of thioether (sulfide) groups is 1. The number of hydrogen-bond acceptors (Lipinski definition) is 3. The quantitative estimate of drug-likeness (QED) is 0.834. The molecule has 1 aromatic rings. The molecule has 0 aromatic carbocycles. The fourth-order valence-electron chi connectivity index (χ4n) is 1.48. The van der Waals surface area contributed by atoms with Crippen LogP contribution in [0.2, 0.25) is 0 Å². The van der Waals surface area contributed by atoms with Gasteiger partial charge >= 0.3 is 0 Å². The number of aromatic nitrogens is 2. The van der Waals surface area contributed by atoms with E-state index in [1.807, 2.05) is 24.0 Å². The Balaban J connectivity index is 1.82. The molecule has 2 heterocycles. The maximum Gasteiger partial charge on any atom is 0.156 e. The highest BCUT2D eigenvalue weighted by Crippen LogP contribution is 2.12. The molecule has 4 nitrogen and oxygen atoms in total. The average Bonchev–Trinajstić information content (AvgIpc) is 2.77. The summed E-state index contributed by atoms with van der Waals surface area (Å²) in [7, 11) is 2.01. The van der Waals surface area contributed by atoms with Crippen LogP contribution in [0.15, 0.2) is 17.4 Å². The van der Waals surface area contributed by atoms with E-state index in [1.54, 1.807) is 11.8 Å². The van der Waals surface area contributed by atoms with E-state index in [2.05, 4.69) is 22.2 Å². The summed E-state index contributed by atoms with van der Waals surface area (Å²) in [5.41, 5.74) is 0. The molecule has 1 aromatic heterocycles. The monoisotopic (exact) mass is 224 g/mol. The Kier molecular flexibility index (Phi) is 3.30. The molecule has 1 aliphatic heterocycles. The van der Waals surface area contributed by atoms with Gasteiger partial charge in [0.2, 0.25) is 0 Å². The maximum atomic E-state index is 4.50. The molecule has 1 unspecified atom stereocenters. The van der Waals surface area contributed by atoms with Gasteiger partial charge in [0.05, 0.1) is 0 Å². The van der Waals surface area contributed by atoms with Gasteiger partial charge in [-0.1, -0.05) is 11.8 Å². The minimum atomic E-state index is 0.557. The molecule has 0 bridgehead atoms. The highest BCUT2D eigenvalue weighted by atomic mass is 32.2. The third-order valence-corrected chi connectivity index (χ3v) is 3.54. The Morgan fingerprint density at radius 3 is 3.20 bits per heavy atom. The molecule has 1 N–H and O–H groups in total. The number of rotatable bonds is 3. The summed E-state index contributed by atoms with van der Waals surface area (Å²) in [4.78, 5) is 8.77. The van der Waals surface area contributed by atoms with Crippen LogP contribution < -0.4 is 5.32 Å². The number of hydrogen-bond donors (Lipinski definition) is 1. The first kappa shape index (κ1) is 10.5. The van der Waals surface area contributed by atoms with Crippen molar-refractivity contribution in [1.29, 1.82) is 0 Å². The minimum absolute atomic E-state index is 0.557. The van der Waals surface area contributed by atoms with Crippen LogP contribution in [0.5, 0.6) is 0 Å². The molecule has 0 radical (unpaired) electrons. The van der Waals surface area contributed by atoms with Crippen LogP contribution in [0.25, 0.3) is 0 Å². The fourth-order valence-corrected chi connectivity index (χ4v) is 2.44. The van der Waals surface area contributed by atoms with Gasteiger partial charge in [-0.25, -0.2) is 4.98 Å². The van der Waals surface area contributed by atoms with Crippen LogP contribution in [0.3, 0.4) is 0 Å². The molecule has 1 atom stereocenters. The third-order valence-electron chi connectivity index (χ3n) is 2.35. The zero-order chi connectivity index (χ0) is 10.7. The van der Waals surface area contributed by atoms with E-state index < -0.39 is 0 Å². The van der Waals surface area contributed by atoms with E-state index in [9.17, 15) is 0 Å². The zero-order valence-corrected chi connectivity index (χ0v) is 9.92. The number of aliphatic imine (C=N–C) groups is 1. The Hall–Kier alpha value is -0.970. The Labute approximate surface area is 94.2 Å². The summed E-state index contributed by atoms with van der Waals surface area (Å²) in [6, 6.07) is 0.557. The smallest absolute Gasteiger partial charge is 0.156 e. The van der Waals surface area contributed by atoms with Gasteiger partial charge in [0, 0.05) is 44.2 Å². The second-order valence-electron chi connectivity index (χ2n) is 3.75. The summed E-state index contributed by atoms with van der Waals surface area (Å²) >= 11 is 1.80. The van der Waals surface area contributed by atoms with Gasteiger partial charge in [0.15, 0.2) is 5.17 Å². The van der Waals surface area contributed by atoms with Gasteiger partial charge in [0.1, 0.15) is 5.82 Å². The topological polar surface area (TPSA) is 42.2 Å². The summed E-state index contributed by atoms with van der Waals surface area (Å²) in [6.45, 7) is 2.99. The molecule has 15 heavy (non-hydrogen) atoms. The van der Waals surface area contributed by atoms with Crippen LogP contribution in [0, 0.1) is 0 Å². The molecule has 5 heteroatoms. The highest BCUT2D eigenvalue weighted by Gasteiger charge is 2.14. The lowest BCUT2D eigenvalue weighted by Gasteiger charge is -2.01. The van der Waals surface area contributed by atoms with Crippen LogP contribution in [-0.4, -0.2) is 33.1 Å². The van der Waals surface area contributed by atoms with Crippen molar-refractivity contribution in [3.8, 4) is 0 Å². The second kappa shape index (κ2) is 4.70. The lowest BCUT2D eigenvalue weighted by Crippen LogP contribution is -2.23. The van der Waals surface area contributed by atoms with Gasteiger partial charge in [0.25, 0.3) is 0 Å². The van der Waals surface area contributed by atoms with Crippen molar-refractivity contribution in [1.82, 2.24) is 14.9 Å². The molecule has 1 fully saturated rings. The second-order valence-corrected chi connectivity index (χ2v) is 4.76. The molecular formula is C10H16N4S. The fraction of sp³-hybridized carbons (Fsp3) is 0.600. The normalized spacial score (nSPS) is 23.3. The first-order valence-corrected chi connectivity index (χ1v) is 6.14. The van der Waals surface area contributed by atoms with Crippen molar-refractivity contribution in [2.75, 3.05) is 12.3 Å². The summed E-state index contributed by atoms with van der Waals surface area (Å²) in [5.74, 6) is 2.22. The predicted octanol–water partition coefficient (Wildman–Crippen LogP) is 1.04. The molecule has 1 saturated heterocycles. The highest BCUT2D eigenvalue weighted by molar-refractivity contribution is 8.14. The summed E-state index contributed by atoms with van der Waals surface area (Å²) < 4.78 is 2.04. The van der Waals surface area contributed by atoms with Crippen LogP contribution in [0.4, 0.5) is 0 Å². The van der Waals surface area contributed by atoms with Gasteiger partial charge in [-0.05, 0) is 6.92 Å². The SMILES string of the molecule is CC1CSC(=NCCc2nccn2C)N1. The van der Waals surface area contributed by atoms with Crippen LogP contribution in [-0.2, 0) is 13.5 Å². The molecule has 1 aliphatic rings. The molecule has 2 rings (SSSR count). The van der Waals surface area contributed by atoms with Gasteiger partial charge in [-0.3, -0.25) is 4.99 Å². The molecule has 0 spiro atoms. The van der Waals surface area contributed by atoms with Crippen molar-refractivity contribution in [3.05, 3.63) is 18.2 Å². The summed E-state index contributed by atoms with van der Waals surface area (Å²) in [5, 5.41) is 4.41. The first-order valence-electron chi connectivity index (χ1n) is 5.15. The van der Waals surface area contributed by atoms with Crippen molar-refractivity contribution < 1.29 is 0 Å². The van der Waals surface area contributed by atoms with Gasteiger partial charge in [-0.15, -0.1) is 0 Å². The predicted molar refractivity (Wildman–Crippen MR) is 64.3 cm³/mol. The Morgan fingerprint density at radius 1 is 1.73 bits per heavy atom. The van der Waals surface area contributed by atoms with Crippen LogP contribution >= 0.6 is 11.8 Å². The molecular weight excluding hydrogens is 208 g/mol. The number of nitrogens with zero attached hydrogens (tertiary/aromatic N) is 3. The summed E-state index contributed by atoms with van der Waals surface area (Å²) in [6.07, 6.45) is 4.70. The molecule has 0 aliphatic carbocycles. The van der Waals surface area contributed by atoms with Crippen molar-refractivity contribution in [3.63, 3.8) is 0 Å². The number of imidazole rings is 1. The average molecular weight is 224 g/mol. The Morgan fingerprint density at radius 2 is 2.60 bits per heavy atom. The third kappa shape index (κ3) is 2.75. The molecule has 0 saturated carbocycles. The van der Waals surface area contributed by atoms with E-state index >= 15 is 0 Å². The lowest BCUT2D eigenvalue weighted by molar-refractivity contribution is 0.754. The number of nitrogens with one attached hydrogen (secondary N) is 1. The lowest BCUT2D eigenvalue weighted by atomic mass is 10.4. The number of amidine groups is 1. The molecule has 82 valence electrons. The van der Waals surface area contributed by atoms with Crippen molar-refractivity contribution in [2.24, 2.45) is 12.0 Å². The van der Waals surface area contributed by atoms with E-state index in [4.69, 9.17) is 0 Å². The first-order chi connectivity index (χ1) is 7.25. The standard InChI is InChI=1S/C10H16N4S/c1-8-7-15-10(13-8)12-4-3-9-11-5-6-14(9)2/h5-6,8H,3-4,7H2,1-2H3,(H,12,13). The van der Waals surface area contributed by atoms with E-state index in [1.165, 1.54) is 0 Å². The van der Waals surface area contributed by atoms with Gasteiger partial charge < -0.3 is 9.88 Å². The Bertz CT molecular complexity index is 358. The van der Waals surface area contributed by atoms with E-state index in [0.717, 1.165) is 29.7 Å². The minimum Gasteiger partial charge on any atom is -0.362 e. The van der Waals surface area contributed by atoms with E-state index in [-0.39, 0.29) is 0 Å². The van der Waals surface area contributed by atoms with Gasteiger partial charge in [-0.2, -0.15) is 0 Å². The zero-order valence-electron chi connectivity index (χ0n) is 9.10. The molecule has 0 amide bonds. The van der Waals surface area contributed by atoms with Crippen LogP contribution in [0.1, 0.15) is 12.7 Å².